The minimum atomic E-state index is -1.56. The van der Waals surface area contributed by atoms with Gasteiger partial charge in [-0.2, -0.15) is 0 Å². The summed E-state index contributed by atoms with van der Waals surface area (Å²) in [5.41, 5.74) is 3.23. The second kappa shape index (κ2) is 8.64. The van der Waals surface area contributed by atoms with Crippen LogP contribution in [0.2, 0.25) is 0 Å². The molecule has 1 aliphatic heterocycles. The number of hydrogen-bond donors (Lipinski definition) is 3. The van der Waals surface area contributed by atoms with Crippen molar-refractivity contribution in [1.29, 1.82) is 0 Å². The number of rotatable bonds is 7. The predicted octanol–water partition coefficient (Wildman–Crippen LogP) is 1.79. The number of aryl methyl sites for hydroxylation is 1. The fourth-order valence-electron chi connectivity index (χ4n) is 4.14. The summed E-state index contributed by atoms with van der Waals surface area (Å²) in [6, 6.07) is 6.07. The Bertz CT molecular complexity index is 960. The largest absolute Gasteiger partial charge is 0.391 e. The lowest BCUT2D eigenvalue weighted by Crippen LogP contribution is -2.55. The maximum atomic E-state index is 14.5. The number of aliphatic hydroxyl groups excluding tert-OH is 1. The van der Waals surface area contributed by atoms with E-state index in [0.29, 0.717) is 19.4 Å². The van der Waals surface area contributed by atoms with Crippen molar-refractivity contribution in [2.24, 2.45) is 0 Å². The van der Waals surface area contributed by atoms with E-state index in [9.17, 15) is 19.1 Å². The Balaban J connectivity index is 1.39. The van der Waals surface area contributed by atoms with Crippen LogP contribution in [-0.2, 0) is 16.1 Å². The minimum absolute atomic E-state index is 0.0358. The summed E-state index contributed by atoms with van der Waals surface area (Å²) in [6.07, 6.45) is 0.00824. The number of carbonyl (C=O) groups excluding carboxylic acids is 2. The van der Waals surface area contributed by atoms with E-state index in [1.165, 1.54) is 4.90 Å². The average molecular weight is 447 g/mol. The second-order valence-electron chi connectivity index (χ2n) is 8.33. The van der Waals surface area contributed by atoms with Crippen molar-refractivity contribution >= 4 is 23.2 Å². The number of carbonyl (C=O) groups is 2. The number of likely N-dealkylation sites (N-methyl/N-ethyl adjacent to an activating group) is 1. The van der Waals surface area contributed by atoms with Crippen LogP contribution in [0.25, 0.3) is 10.4 Å². The fourth-order valence-corrected chi connectivity index (χ4v) is 4.95. The van der Waals surface area contributed by atoms with Crippen molar-refractivity contribution in [1.82, 2.24) is 20.5 Å². The first-order valence-electron chi connectivity index (χ1n) is 10.4. The Morgan fingerprint density at radius 2 is 2.06 bits per heavy atom. The first kappa shape index (κ1) is 21.9. The summed E-state index contributed by atoms with van der Waals surface area (Å²) < 4.78 is 14.5. The van der Waals surface area contributed by atoms with Gasteiger partial charge in [0, 0.05) is 19.5 Å². The summed E-state index contributed by atoms with van der Waals surface area (Å²) >= 11 is 1.58. The molecule has 2 fully saturated rings. The van der Waals surface area contributed by atoms with Crippen molar-refractivity contribution in [3.8, 4) is 10.4 Å². The SMILES string of the molecule is CNC(C(=O)N1CC(O)CC1C(=O)NCc1ccc(-c2scnc2C)cc1)C1(F)CC1. The molecule has 4 rings (SSSR count). The third-order valence-corrected chi connectivity index (χ3v) is 7.05. The highest BCUT2D eigenvalue weighted by atomic mass is 32.1. The molecule has 0 radical (unpaired) electrons. The zero-order valence-electron chi connectivity index (χ0n) is 17.6. The molecule has 1 saturated carbocycles. The number of benzene rings is 1. The van der Waals surface area contributed by atoms with Gasteiger partial charge in [0.25, 0.3) is 0 Å². The summed E-state index contributed by atoms with van der Waals surface area (Å²) in [5, 5.41) is 15.7. The molecule has 3 unspecified atom stereocenters. The van der Waals surface area contributed by atoms with Gasteiger partial charge in [-0.25, -0.2) is 9.37 Å². The summed E-state index contributed by atoms with van der Waals surface area (Å²) in [4.78, 5) is 32.4. The van der Waals surface area contributed by atoms with E-state index in [1.807, 2.05) is 36.7 Å². The third kappa shape index (κ3) is 4.49. The molecule has 7 nitrogen and oxygen atoms in total. The van der Waals surface area contributed by atoms with Crippen LogP contribution in [0.3, 0.4) is 0 Å². The monoisotopic (exact) mass is 446 g/mol. The van der Waals surface area contributed by atoms with Crippen molar-refractivity contribution in [2.45, 2.75) is 56.6 Å². The van der Waals surface area contributed by atoms with Crippen molar-refractivity contribution in [3.63, 3.8) is 0 Å². The van der Waals surface area contributed by atoms with E-state index in [4.69, 9.17) is 0 Å². The number of thiazole rings is 1. The third-order valence-electron chi connectivity index (χ3n) is 6.07. The molecular formula is C22H27FN4O3S. The smallest absolute Gasteiger partial charge is 0.243 e. The highest BCUT2D eigenvalue weighted by molar-refractivity contribution is 7.13. The van der Waals surface area contributed by atoms with Gasteiger partial charge in [0.15, 0.2) is 0 Å². The van der Waals surface area contributed by atoms with E-state index in [0.717, 1.165) is 21.7 Å². The van der Waals surface area contributed by atoms with Gasteiger partial charge < -0.3 is 20.6 Å². The van der Waals surface area contributed by atoms with Gasteiger partial charge in [-0.05, 0) is 37.9 Å². The van der Waals surface area contributed by atoms with Gasteiger partial charge in [-0.15, -0.1) is 11.3 Å². The highest BCUT2D eigenvalue weighted by Gasteiger charge is 2.55. The van der Waals surface area contributed by atoms with Gasteiger partial charge in [0.2, 0.25) is 11.8 Å². The highest BCUT2D eigenvalue weighted by Crippen LogP contribution is 2.43. The number of alkyl halides is 1. The first-order chi connectivity index (χ1) is 14.8. The van der Waals surface area contributed by atoms with Crippen LogP contribution in [0.4, 0.5) is 4.39 Å². The molecular weight excluding hydrogens is 419 g/mol. The summed E-state index contributed by atoms with van der Waals surface area (Å²) in [5.74, 6) is -0.811. The van der Waals surface area contributed by atoms with Crippen LogP contribution in [0.1, 0.15) is 30.5 Å². The standard InChI is InChI=1S/C22H27FN4O3S/c1-13-18(31-12-26-13)15-5-3-14(4-6-15)10-25-20(29)17-9-16(28)11-27(17)21(30)19(24-2)22(23)7-8-22/h3-6,12,16-17,19,24,28H,7-11H2,1-2H3,(H,25,29). The van der Waals surface area contributed by atoms with Gasteiger partial charge in [-0.1, -0.05) is 24.3 Å². The van der Waals surface area contributed by atoms with E-state index in [1.54, 1.807) is 18.4 Å². The number of aromatic nitrogens is 1. The normalized spacial score (nSPS) is 22.9. The van der Waals surface area contributed by atoms with Crippen LogP contribution in [-0.4, -0.2) is 64.3 Å². The molecule has 2 aromatic rings. The van der Waals surface area contributed by atoms with E-state index in [-0.39, 0.29) is 18.9 Å². The lowest BCUT2D eigenvalue weighted by molar-refractivity contribution is -0.141. The molecule has 2 heterocycles. The summed E-state index contributed by atoms with van der Waals surface area (Å²) in [6.45, 7) is 2.31. The van der Waals surface area contributed by atoms with Crippen LogP contribution < -0.4 is 10.6 Å². The zero-order chi connectivity index (χ0) is 22.2. The van der Waals surface area contributed by atoms with Crippen LogP contribution >= 0.6 is 11.3 Å². The lowest BCUT2D eigenvalue weighted by atomic mass is 10.1. The van der Waals surface area contributed by atoms with Gasteiger partial charge >= 0.3 is 0 Å². The minimum Gasteiger partial charge on any atom is -0.391 e. The molecule has 2 aliphatic rings. The Morgan fingerprint density at radius 3 is 2.65 bits per heavy atom. The molecule has 0 bridgehead atoms. The molecule has 31 heavy (non-hydrogen) atoms. The van der Waals surface area contributed by atoms with Crippen LogP contribution in [0, 0.1) is 6.92 Å². The number of amides is 2. The molecule has 1 aromatic carbocycles. The quantitative estimate of drug-likeness (QED) is 0.603. The molecule has 1 aliphatic carbocycles. The number of nitrogens with one attached hydrogen (secondary N) is 2. The number of β-amino-alcohol motifs (C(OH)–C–C–N with tert-alkyl or cyclic N) is 1. The van der Waals surface area contributed by atoms with E-state index in [2.05, 4.69) is 15.6 Å². The van der Waals surface area contributed by atoms with Crippen molar-refractivity contribution in [2.75, 3.05) is 13.6 Å². The summed E-state index contributed by atoms with van der Waals surface area (Å²) in [7, 11) is 1.54. The molecule has 1 aromatic heterocycles. The van der Waals surface area contributed by atoms with Crippen LogP contribution in [0.15, 0.2) is 29.8 Å². The maximum Gasteiger partial charge on any atom is 0.243 e. The molecule has 1 saturated heterocycles. The molecule has 2 amide bonds. The topological polar surface area (TPSA) is 94.6 Å². The van der Waals surface area contributed by atoms with Gasteiger partial charge in [0.1, 0.15) is 17.8 Å². The Labute approximate surface area is 184 Å². The number of likely N-dealkylation sites (tertiary alicyclic amines) is 1. The first-order valence-corrected chi connectivity index (χ1v) is 11.3. The van der Waals surface area contributed by atoms with Crippen molar-refractivity contribution < 1.29 is 19.1 Å². The average Bonchev–Trinajstić information content (AvgIpc) is 3.16. The fraction of sp³-hybridized carbons (Fsp3) is 0.500. The lowest BCUT2D eigenvalue weighted by Gasteiger charge is -2.29. The second-order valence-corrected chi connectivity index (χ2v) is 9.19. The molecule has 3 N–H and O–H groups in total. The Morgan fingerprint density at radius 1 is 1.35 bits per heavy atom. The maximum absolute atomic E-state index is 14.5. The Kier molecular flexibility index (Phi) is 6.09. The number of nitrogens with zero attached hydrogens (tertiary/aromatic N) is 2. The van der Waals surface area contributed by atoms with Crippen LogP contribution in [0.5, 0.6) is 0 Å². The van der Waals surface area contributed by atoms with Crippen molar-refractivity contribution in [3.05, 3.63) is 41.0 Å². The number of halogens is 1. The van der Waals surface area contributed by atoms with E-state index < -0.39 is 29.8 Å². The zero-order valence-corrected chi connectivity index (χ0v) is 18.4. The predicted molar refractivity (Wildman–Crippen MR) is 116 cm³/mol. The van der Waals surface area contributed by atoms with E-state index >= 15 is 0 Å². The molecule has 9 heteroatoms. The molecule has 0 spiro atoms. The molecule has 3 atom stereocenters. The van der Waals surface area contributed by atoms with Gasteiger partial charge in [-0.3, -0.25) is 9.59 Å². The Hall–Kier alpha value is -2.36. The number of hydrogen-bond acceptors (Lipinski definition) is 6. The molecule has 166 valence electrons. The van der Waals surface area contributed by atoms with Gasteiger partial charge in [0.05, 0.1) is 22.2 Å². The number of aliphatic hydroxyl groups is 1.